The van der Waals surface area contributed by atoms with Crippen LogP contribution in [0.15, 0.2) is 42.0 Å². The average molecular weight is 367 g/mol. The van der Waals surface area contributed by atoms with Crippen LogP contribution in [0.25, 0.3) is 10.6 Å². The number of amides is 1. The third-order valence-electron chi connectivity index (χ3n) is 5.46. The molecule has 2 aliphatic carbocycles. The van der Waals surface area contributed by atoms with E-state index in [0.717, 1.165) is 37.2 Å². The van der Waals surface area contributed by atoms with Gasteiger partial charge >= 0.3 is 0 Å². The van der Waals surface area contributed by atoms with Gasteiger partial charge in [0.2, 0.25) is 5.91 Å². The quantitative estimate of drug-likeness (QED) is 0.763. The van der Waals surface area contributed by atoms with Crippen LogP contribution in [0.3, 0.4) is 0 Å². The first-order chi connectivity index (χ1) is 12.8. The molecule has 1 unspecified atom stereocenters. The molecule has 2 aromatic rings. The Bertz CT molecular complexity index is 794. The van der Waals surface area contributed by atoms with Gasteiger partial charge in [-0.3, -0.25) is 4.79 Å². The Morgan fingerprint density at radius 3 is 2.88 bits per heavy atom. The Morgan fingerprint density at radius 1 is 1.19 bits per heavy atom. The lowest BCUT2D eigenvalue weighted by Crippen LogP contribution is -2.34. The number of carbonyl (C=O) groups excluding carboxylic acids is 1. The van der Waals surface area contributed by atoms with E-state index in [0.29, 0.717) is 0 Å². The number of nitrogens with one attached hydrogen (secondary N) is 1. The summed E-state index contributed by atoms with van der Waals surface area (Å²) in [6, 6.07) is 10.3. The predicted molar refractivity (Wildman–Crippen MR) is 107 cm³/mol. The zero-order chi connectivity index (χ0) is 17.8. The van der Waals surface area contributed by atoms with Crippen molar-refractivity contribution in [1.29, 1.82) is 0 Å². The summed E-state index contributed by atoms with van der Waals surface area (Å²) in [6.07, 6.45) is 11.1. The van der Waals surface area contributed by atoms with Crippen LogP contribution in [-0.4, -0.2) is 17.4 Å². The smallest absolute Gasteiger partial charge is 0.223 e. The second-order valence-electron chi connectivity index (χ2n) is 7.34. The number of carbonyl (C=O) groups is 1. The van der Waals surface area contributed by atoms with Crippen molar-refractivity contribution in [3.8, 4) is 10.6 Å². The van der Waals surface area contributed by atoms with Crippen LogP contribution >= 0.6 is 11.3 Å². The highest BCUT2D eigenvalue weighted by molar-refractivity contribution is 7.15. The molecule has 0 aliphatic heterocycles. The molecule has 1 atom stereocenters. The number of aryl methyl sites for hydroxylation is 1. The fourth-order valence-electron chi connectivity index (χ4n) is 3.93. The van der Waals surface area contributed by atoms with E-state index < -0.39 is 0 Å². The summed E-state index contributed by atoms with van der Waals surface area (Å²) in [5, 5.41) is 4.26. The van der Waals surface area contributed by atoms with Crippen molar-refractivity contribution in [1.82, 2.24) is 10.3 Å². The van der Waals surface area contributed by atoms with Gasteiger partial charge in [0, 0.05) is 22.9 Å². The van der Waals surface area contributed by atoms with Crippen LogP contribution in [0.1, 0.15) is 49.1 Å². The Balaban J connectivity index is 1.33. The van der Waals surface area contributed by atoms with Crippen molar-refractivity contribution in [2.75, 3.05) is 6.54 Å². The van der Waals surface area contributed by atoms with E-state index in [1.165, 1.54) is 47.4 Å². The lowest BCUT2D eigenvalue weighted by atomic mass is 9.90. The lowest BCUT2D eigenvalue weighted by molar-refractivity contribution is -0.125. The number of thiazole rings is 1. The van der Waals surface area contributed by atoms with Gasteiger partial charge in [0.15, 0.2) is 0 Å². The minimum Gasteiger partial charge on any atom is -0.356 e. The van der Waals surface area contributed by atoms with Crippen LogP contribution in [-0.2, 0) is 17.6 Å². The number of rotatable bonds is 5. The Kier molecular flexibility index (Phi) is 5.49. The van der Waals surface area contributed by atoms with Crippen molar-refractivity contribution >= 4 is 17.2 Å². The number of fused-ring (bicyclic) bond motifs is 1. The summed E-state index contributed by atoms with van der Waals surface area (Å²) in [7, 11) is 0. The lowest BCUT2D eigenvalue weighted by Gasteiger charge is -2.21. The molecule has 1 heterocycles. The molecule has 1 amide bonds. The van der Waals surface area contributed by atoms with E-state index in [1.807, 2.05) is 18.2 Å². The molecular formula is C22H26N2OS. The van der Waals surface area contributed by atoms with Crippen LogP contribution < -0.4 is 5.32 Å². The molecule has 1 N–H and O–H groups in total. The zero-order valence-electron chi connectivity index (χ0n) is 15.2. The molecule has 1 aromatic heterocycles. The van der Waals surface area contributed by atoms with Crippen molar-refractivity contribution in [2.24, 2.45) is 5.92 Å². The molecule has 0 fully saturated rings. The largest absolute Gasteiger partial charge is 0.356 e. The molecule has 26 heavy (non-hydrogen) atoms. The first kappa shape index (κ1) is 17.5. The molecule has 0 spiro atoms. The molecule has 4 heteroatoms. The van der Waals surface area contributed by atoms with Gasteiger partial charge < -0.3 is 5.32 Å². The summed E-state index contributed by atoms with van der Waals surface area (Å²) < 4.78 is 0. The molecule has 0 bridgehead atoms. The summed E-state index contributed by atoms with van der Waals surface area (Å²) >= 11 is 1.76. The number of hydrogen-bond donors (Lipinski definition) is 1. The Labute approximate surface area is 159 Å². The number of benzene rings is 1. The first-order valence-corrected chi connectivity index (χ1v) is 10.6. The van der Waals surface area contributed by atoms with Crippen LogP contribution in [0.2, 0.25) is 0 Å². The highest BCUT2D eigenvalue weighted by Gasteiger charge is 2.27. The minimum atomic E-state index is 0.104. The highest BCUT2D eigenvalue weighted by Crippen LogP contribution is 2.34. The summed E-state index contributed by atoms with van der Waals surface area (Å²) in [4.78, 5) is 18.7. The van der Waals surface area contributed by atoms with Crippen molar-refractivity contribution in [3.05, 3.63) is 52.6 Å². The second kappa shape index (κ2) is 8.17. The van der Waals surface area contributed by atoms with E-state index in [9.17, 15) is 4.79 Å². The predicted octanol–water partition coefficient (Wildman–Crippen LogP) is 4.92. The van der Waals surface area contributed by atoms with Gasteiger partial charge in [0.1, 0.15) is 5.01 Å². The fourth-order valence-corrected chi connectivity index (χ4v) is 5.12. The molecule has 0 radical (unpaired) electrons. The highest BCUT2D eigenvalue weighted by atomic mass is 32.1. The number of aromatic nitrogens is 1. The van der Waals surface area contributed by atoms with E-state index in [1.54, 1.807) is 11.3 Å². The number of nitrogens with zero attached hydrogens (tertiary/aromatic N) is 1. The van der Waals surface area contributed by atoms with E-state index >= 15 is 0 Å². The Morgan fingerprint density at radius 2 is 2.08 bits per heavy atom. The van der Waals surface area contributed by atoms with Crippen molar-refractivity contribution < 1.29 is 4.79 Å². The van der Waals surface area contributed by atoms with Gasteiger partial charge in [-0.1, -0.05) is 42.0 Å². The zero-order valence-corrected chi connectivity index (χ0v) is 16.0. The maximum atomic E-state index is 12.6. The summed E-state index contributed by atoms with van der Waals surface area (Å²) in [6.45, 7) is 0.784. The van der Waals surface area contributed by atoms with E-state index in [2.05, 4.69) is 23.5 Å². The molecular weight excluding hydrogens is 340 g/mol. The average Bonchev–Trinajstić information content (AvgIpc) is 3.13. The molecule has 1 aromatic carbocycles. The van der Waals surface area contributed by atoms with Crippen LogP contribution in [0, 0.1) is 5.92 Å². The molecule has 4 rings (SSSR count). The first-order valence-electron chi connectivity index (χ1n) is 9.79. The molecule has 136 valence electrons. The minimum absolute atomic E-state index is 0.104. The summed E-state index contributed by atoms with van der Waals surface area (Å²) in [5.41, 5.74) is 3.90. The molecule has 0 saturated heterocycles. The SMILES string of the molecule is O=C(NCCC1=CCCCC1)C1CCc2nc(-c3ccccc3)sc2C1. The van der Waals surface area contributed by atoms with Gasteiger partial charge in [0.25, 0.3) is 0 Å². The maximum absolute atomic E-state index is 12.6. The number of allylic oxidation sites excluding steroid dienone is 1. The van der Waals surface area contributed by atoms with Gasteiger partial charge in [-0.25, -0.2) is 4.98 Å². The van der Waals surface area contributed by atoms with Gasteiger partial charge in [0.05, 0.1) is 5.69 Å². The maximum Gasteiger partial charge on any atom is 0.223 e. The second-order valence-corrected chi connectivity index (χ2v) is 8.43. The monoisotopic (exact) mass is 366 g/mol. The molecule has 3 nitrogen and oxygen atoms in total. The van der Waals surface area contributed by atoms with Gasteiger partial charge in [-0.2, -0.15) is 0 Å². The van der Waals surface area contributed by atoms with Crippen LogP contribution in [0.5, 0.6) is 0 Å². The standard InChI is InChI=1S/C22H26N2OS/c25-21(23-14-13-16-7-3-1-4-8-16)18-11-12-19-20(15-18)26-22(24-19)17-9-5-2-6-10-17/h2,5-7,9-10,18H,1,3-4,8,11-15H2,(H,23,25). The van der Waals surface area contributed by atoms with E-state index in [-0.39, 0.29) is 11.8 Å². The number of hydrogen-bond acceptors (Lipinski definition) is 3. The fraction of sp³-hybridized carbons (Fsp3) is 0.455. The van der Waals surface area contributed by atoms with Crippen LogP contribution in [0.4, 0.5) is 0 Å². The van der Waals surface area contributed by atoms with Gasteiger partial charge in [-0.05, 0) is 51.4 Å². The van der Waals surface area contributed by atoms with Crippen molar-refractivity contribution in [2.45, 2.75) is 51.4 Å². The van der Waals surface area contributed by atoms with Crippen molar-refractivity contribution in [3.63, 3.8) is 0 Å². The normalized spacial score (nSPS) is 19.5. The third kappa shape index (κ3) is 4.07. The van der Waals surface area contributed by atoms with Gasteiger partial charge in [-0.15, -0.1) is 11.3 Å². The topological polar surface area (TPSA) is 42.0 Å². The molecule has 2 aliphatic rings. The molecule has 0 saturated carbocycles. The Hall–Kier alpha value is -1.94. The summed E-state index contributed by atoms with van der Waals surface area (Å²) in [5.74, 6) is 0.327. The van der Waals surface area contributed by atoms with E-state index in [4.69, 9.17) is 4.98 Å². The third-order valence-corrected chi connectivity index (χ3v) is 6.63.